The molecule has 0 saturated carbocycles. The fraction of sp³-hybridized carbons (Fsp3) is 0.286. The van der Waals surface area contributed by atoms with Crippen molar-refractivity contribution < 1.29 is 17.6 Å². The molecule has 1 N–H and O–H groups in total. The third-order valence-electron chi connectivity index (χ3n) is 4.72. The van der Waals surface area contributed by atoms with Crippen molar-refractivity contribution in [3.63, 3.8) is 0 Å². The van der Waals surface area contributed by atoms with Gasteiger partial charge >= 0.3 is 0 Å². The number of sulfonamides is 1. The third kappa shape index (κ3) is 5.86. The van der Waals surface area contributed by atoms with Gasteiger partial charge in [-0.25, -0.2) is 12.8 Å². The number of rotatable bonds is 8. The Labute approximate surface area is 190 Å². The number of carbonyl (C=O) groups is 1. The Balaban J connectivity index is 1.68. The first-order valence-corrected chi connectivity index (χ1v) is 12.5. The van der Waals surface area contributed by atoms with Crippen LogP contribution in [-0.2, 0) is 28.4 Å². The number of aromatic nitrogens is 3. The zero-order chi connectivity index (χ0) is 23.5. The molecule has 0 atom stereocenters. The molecule has 3 rings (SSSR count). The standard InChI is InChI=1S/C21H24FN5O3S2/c1-14-5-9-17(10-6-14)27(32(4,29)30)12-19-24-25-21(26(19)3)31-13-20(28)23-16-8-7-15(2)18(22)11-16/h5-11H,12-13H2,1-4H3,(H,23,28). The molecule has 0 unspecified atom stereocenters. The van der Waals surface area contributed by atoms with Crippen LogP contribution in [0.5, 0.6) is 0 Å². The summed E-state index contributed by atoms with van der Waals surface area (Å²) in [5, 5.41) is 11.3. The highest BCUT2D eigenvalue weighted by Gasteiger charge is 2.21. The first kappa shape index (κ1) is 23.7. The Morgan fingerprint density at radius 2 is 1.84 bits per heavy atom. The van der Waals surface area contributed by atoms with Crippen molar-refractivity contribution in [3.8, 4) is 0 Å². The van der Waals surface area contributed by atoms with Crippen molar-refractivity contribution in [1.82, 2.24) is 14.8 Å². The predicted molar refractivity (Wildman–Crippen MR) is 124 cm³/mol. The van der Waals surface area contributed by atoms with E-state index >= 15 is 0 Å². The number of thioether (sulfide) groups is 1. The molecule has 0 spiro atoms. The molecule has 32 heavy (non-hydrogen) atoms. The summed E-state index contributed by atoms with van der Waals surface area (Å²) in [5.41, 5.74) is 2.42. The van der Waals surface area contributed by atoms with Crippen molar-refractivity contribution in [3.05, 3.63) is 65.2 Å². The second-order valence-electron chi connectivity index (χ2n) is 7.36. The van der Waals surface area contributed by atoms with E-state index in [0.29, 0.717) is 27.9 Å². The maximum atomic E-state index is 13.6. The lowest BCUT2D eigenvalue weighted by Gasteiger charge is -2.22. The maximum absolute atomic E-state index is 13.6. The van der Waals surface area contributed by atoms with Crippen LogP contribution < -0.4 is 9.62 Å². The zero-order valence-electron chi connectivity index (χ0n) is 18.2. The summed E-state index contributed by atoms with van der Waals surface area (Å²) in [6.45, 7) is 3.57. The highest BCUT2D eigenvalue weighted by Crippen LogP contribution is 2.23. The van der Waals surface area contributed by atoms with Crippen LogP contribution >= 0.6 is 11.8 Å². The Hall–Kier alpha value is -2.92. The molecule has 0 bridgehead atoms. The van der Waals surface area contributed by atoms with Gasteiger partial charge < -0.3 is 9.88 Å². The normalized spacial score (nSPS) is 11.4. The van der Waals surface area contributed by atoms with Crippen LogP contribution in [0, 0.1) is 19.7 Å². The van der Waals surface area contributed by atoms with E-state index in [-0.39, 0.29) is 18.2 Å². The molecule has 11 heteroatoms. The Morgan fingerprint density at radius 3 is 2.47 bits per heavy atom. The average molecular weight is 478 g/mol. The van der Waals surface area contributed by atoms with Crippen molar-refractivity contribution in [2.75, 3.05) is 21.6 Å². The van der Waals surface area contributed by atoms with Crippen LogP contribution in [0.3, 0.4) is 0 Å². The molecule has 1 aromatic heterocycles. The third-order valence-corrected chi connectivity index (χ3v) is 6.88. The van der Waals surface area contributed by atoms with Crippen LogP contribution in [0.4, 0.5) is 15.8 Å². The SMILES string of the molecule is Cc1ccc(N(Cc2nnc(SCC(=O)Nc3ccc(C)c(F)c3)n2C)S(C)(=O)=O)cc1. The number of carbonyl (C=O) groups excluding carboxylic acids is 1. The van der Waals surface area contributed by atoms with E-state index in [1.807, 2.05) is 19.1 Å². The fourth-order valence-corrected chi connectivity index (χ4v) is 4.43. The van der Waals surface area contributed by atoms with E-state index in [9.17, 15) is 17.6 Å². The largest absolute Gasteiger partial charge is 0.325 e. The number of amides is 1. The van der Waals surface area contributed by atoms with Gasteiger partial charge in [0.25, 0.3) is 0 Å². The molecule has 0 aliphatic rings. The first-order chi connectivity index (χ1) is 15.0. The van der Waals surface area contributed by atoms with E-state index in [2.05, 4.69) is 15.5 Å². The molecule has 0 fully saturated rings. The minimum atomic E-state index is -3.55. The molecule has 2 aromatic carbocycles. The Kier molecular flexibility index (Phi) is 7.19. The van der Waals surface area contributed by atoms with Gasteiger partial charge in [-0.05, 0) is 43.7 Å². The van der Waals surface area contributed by atoms with Gasteiger partial charge in [0.15, 0.2) is 11.0 Å². The number of nitrogens with one attached hydrogen (secondary N) is 1. The van der Waals surface area contributed by atoms with Crippen molar-refractivity contribution >= 4 is 39.1 Å². The molecule has 1 amide bonds. The van der Waals surface area contributed by atoms with Crippen molar-refractivity contribution in [2.45, 2.75) is 25.5 Å². The van der Waals surface area contributed by atoms with Gasteiger partial charge in [-0.2, -0.15) is 0 Å². The van der Waals surface area contributed by atoms with E-state index in [1.165, 1.54) is 10.4 Å². The van der Waals surface area contributed by atoms with Crippen LogP contribution in [0.25, 0.3) is 0 Å². The molecule has 0 saturated heterocycles. The lowest BCUT2D eigenvalue weighted by molar-refractivity contribution is -0.113. The maximum Gasteiger partial charge on any atom is 0.234 e. The molecule has 0 aliphatic carbocycles. The zero-order valence-corrected chi connectivity index (χ0v) is 19.8. The second-order valence-corrected chi connectivity index (χ2v) is 10.2. The Bertz CT molecular complexity index is 1230. The summed E-state index contributed by atoms with van der Waals surface area (Å²) in [7, 11) is -1.84. The summed E-state index contributed by atoms with van der Waals surface area (Å²) in [6.07, 6.45) is 1.14. The highest BCUT2D eigenvalue weighted by molar-refractivity contribution is 7.99. The summed E-state index contributed by atoms with van der Waals surface area (Å²) in [4.78, 5) is 12.2. The van der Waals surface area contributed by atoms with Gasteiger partial charge in [0.2, 0.25) is 15.9 Å². The number of anilines is 2. The van der Waals surface area contributed by atoms with E-state index in [4.69, 9.17) is 0 Å². The van der Waals surface area contributed by atoms with Gasteiger partial charge in [0, 0.05) is 12.7 Å². The number of halogens is 1. The van der Waals surface area contributed by atoms with Gasteiger partial charge in [-0.15, -0.1) is 10.2 Å². The van der Waals surface area contributed by atoms with Crippen molar-refractivity contribution in [2.24, 2.45) is 7.05 Å². The fourth-order valence-electron chi connectivity index (χ4n) is 2.85. The van der Waals surface area contributed by atoms with Crippen LogP contribution in [0.1, 0.15) is 17.0 Å². The van der Waals surface area contributed by atoms with E-state index in [1.54, 1.807) is 42.8 Å². The summed E-state index contributed by atoms with van der Waals surface area (Å²) < 4.78 is 41.3. The monoisotopic (exact) mass is 477 g/mol. The van der Waals surface area contributed by atoms with Crippen LogP contribution in [0.15, 0.2) is 47.6 Å². The predicted octanol–water partition coefficient (Wildman–Crippen LogP) is 3.27. The number of aryl methyl sites for hydroxylation is 2. The number of benzene rings is 2. The first-order valence-electron chi connectivity index (χ1n) is 9.66. The second kappa shape index (κ2) is 9.70. The number of hydrogen-bond acceptors (Lipinski definition) is 6. The topological polar surface area (TPSA) is 97.2 Å². The minimum Gasteiger partial charge on any atom is -0.325 e. The lowest BCUT2D eigenvalue weighted by Crippen LogP contribution is -2.30. The van der Waals surface area contributed by atoms with Gasteiger partial charge in [0.1, 0.15) is 5.82 Å². The number of nitrogens with zero attached hydrogens (tertiary/aromatic N) is 4. The average Bonchev–Trinajstić information content (AvgIpc) is 3.07. The summed E-state index contributed by atoms with van der Waals surface area (Å²) in [6, 6.07) is 11.6. The summed E-state index contributed by atoms with van der Waals surface area (Å²) >= 11 is 1.15. The smallest absolute Gasteiger partial charge is 0.234 e. The molecule has 8 nitrogen and oxygen atoms in total. The molecule has 170 valence electrons. The molecule has 0 aliphatic heterocycles. The lowest BCUT2D eigenvalue weighted by atomic mass is 10.2. The Morgan fingerprint density at radius 1 is 1.16 bits per heavy atom. The van der Waals surface area contributed by atoms with E-state index < -0.39 is 15.8 Å². The van der Waals surface area contributed by atoms with Crippen LogP contribution in [-0.4, -0.2) is 41.1 Å². The number of hydrogen-bond donors (Lipinski definition) is 1. The van der Waals surface area contributed by atoms with E-state index in [0.717, 1.165) is 23.6 Å². The quantitative estimate of drug-likeness (QED) is 0.500. The molecule has 0 radical (unpaired) electrons. The summed E-state index contributed by atoms with van der Waals surface area (Å²) in [5.74, 6) is -0.244. The van der Waals surface area contributed by atoms with Crippen molar-refractivity contribution in [1.29, 1.82) is 0 Å². The van der Waals surface area contributed by atoms with Gasteiger partial charge in [-0.3, -0.25) is 9.10 Å². The molecule has 1 heterocycles. The van der Waals surface area contributed by atoms with Crippen LogP contribution in [0.2, 0.25) is 0 Å². The molecular weight excluding hydrogens is 453 g/mol. The molecule has 3 aromatic rings. The highest BCUT2D eigenvalue weighted by atomic mass is 32.2. The van der Waals surface area contributed by atoms with Gasteiger partial charge in [0.05, 0.1) is 24.2 Å². The van der Waals surface area contributed by atoms with Gasteiger partial charge in [-0.1, -0.05) is 35.5 Å². The molecular formula is C21H24FN5O3S2. The minimum absolute atomic E-state index is 0.000788.